The van der Waals surface area contributed by atoms with Crippen LogP contribution >= 0.6 is 0 Å². The Labute approximate surface area is 116 Å². The number of hydrogen-bond acceptors (Lipinski definition) is 3. The van der Waals surface area contributed by atoms with Gasteiger partial charge in [-0.05, 0) is 18.1 Å². The van der Waals surface area contributed by atoms with Crippen LogP contribution in [-0.2, 0) is 11.8 Å². The molecule has 2 aromatic rings. The van der Waals surface area contributed by atoms with Gasteiger partial charge in [0.15, 0.2) is 0 Å². The largest absolute Gasteiger partial charge is 0.481 e. The van der Waals surface area contributed by atoms with Crippen LogP contribution < -0.4 is 0 Å². The van der Waals surface area contributed by atoms with Crippen LogP contribution in [0.15, 0.2) is 24.7 Å². The summed E-state index contributed by atoms with van der Waals surface area (Å²) in [6.07, 6.45) is 5.71. The molecule has 106 valence electrons. The average Bonchev–Trinajstić information content (AvgIpc) is 2.76. The first kappa shape index (κ1) is 14.2. The Bertz CT molecular complexity index is 625. The molecule has 6 heteroatoms. The van der Waals surface area contributed by atoms with E-state index in [9.17, 15) is 14.3 Å². The Hall–Kier alpha value is -2.24. The number of pyridine rings is 1. The van der Waals surface area contributed by atoms with E-state index in [2.05, 4.69) is 10.1 Å². The molecule has 0 saturated carbocycles. The molecule has 0 saturated heterocycles. The molecule has 1 atom stereocenters. The summed E-state index contributed by atoms with van der Waals surface area (Å²) in [6, 6.07) is 1.67. The lowest BCUT2D eigenvalue weighted by Crippen LogP contribution is -2.11. The first-order chi connectivity index (χ1) is 9.54. The van der Waals surface area contributed by atoms with Crippen LogP contribution in [0, 0.1) is 5.95 Å². The van der Waals surface area contributed by atoms with E-state index in [1.807, 2.05) is 6.92 Å². The van der Waals surface area contributed by atoms with Gasteiger partial charge in [0.05, 0.1) is 17.7 Å². The highest BCUT2D eigenvalue weighted by Crippen LogP contribution is 2.27. The van der Waals surface area contributed by atoms with Gasteiger partial charge >= 0.3 is 5.97 Å². The molecule has 0 amide bonds. The number of halogens is 1. The van der Waals surface area contributed by atoms with Crippen molar-refractivity contribution in [3.63, 3.8) is 0 Å². The highest BCUT2D eigenvalue weighted by atomic mass is 19.1. The molecular formula is C14H16FN3O2. The fourth-order valence-corrected chi connectivity index (χ4v) is 2.13. The second-order valence-electron chi connectivity index (χ2n) is 4.66. The van der Waals surface area contributed by atoms with E-state index < -0.39 is 17.8 Å². The van der Waals surface area contributed by atoms with Crippen molar-refractivity contribution in [1.82, 2.24) is 14.8 Å². The first-order valence-corrected chi connectivity index (χ1v) is 6.40. The fourth-order valence-electron chi connectivity index (χ4n) is 2.13. The van der Waals surface area contributed by atoms with Gasteiger partial charge in [-0.2, -0.15) is 9.49 Å². The monoisotopic (exact) mass is 277 g/mol. The quantitative estimate of drug-likeness (QED) is 0.912. The number of nitrogens with zero attached hydrogens (tertiary/aromatic N) is 3. The van der Waals surface area contributed by atoms with E-state index in [1.54, 1.807) is 6.07 Å². The third-order valence-corrected chi connectivity index (χ3v) is 3.21. The van der Waals surface area contributed by atoms with Crippen molar-refractivity contribution in [1.29, 1.82) is 0 Å². The maximum absolute atomic E-state index is 13.8. The lowest BCUT2D eigenvalue weighted by atomic mass is 9.94. The van der Waals surface area contributed by atoms with Crippen LogP contribution in [0.3, 0.4) is 0 Å². The number of aryl methyl sites for hydroxylation is 1. The van der Waals surface area contributed by atoms with Crippen molar-refractivity contribution < 1.29 is 14.3 Å². The van der Waals surface area contributed by atoms with E-state index in [0.717, 1.165) is 11.1 Å². The van der Waals surface area contributed by atoms with Crippen molar-refractivity contribution in [2.75, 3.05) is 0 Å². The lowest BCUT2D eigenvalue weighted by Gasteiger charge is -2.12. The van der Waals surface area contributed by atoms with Crippen molar-refractivity contribution in [3.05, 3.63) is 36.2 Å². The maximum atomic E-state index is 13.8. The summed E-state index contributed by atoms with van der Waals surface area (Å²) in [6.45, 7) is 1.92. The fraction of sp³-hybridized carbons (Fsp3) is 0.357. The molecule has 0 fully saturated rings. The summed E-state index contributed by atoms with van der Waals surface area (Å²) in [5.41, 5.74) is 1.44. The minimum absolute atomic E-state index is 0.322. The van der Waals surface area contributed by atoms with Crippen LogP contribution in [-0.4, -0.2) is 25.8 Å². The zero-order valence-electron chi connectivity index (χ0n) is 11.4. The smallest absolute Gasteiger partial charge is 0.311 e. The van der Waals surface area contributed by atoms with Crippen LogP contribution in [0.4, 0.5) is 4.39 Å². The Kier molecular flexibility index (Phi) is 4.12. The molecule has 20 heavy (non-hydrogen) atoms. The number of carbonyl (C=O) groups is 1. The third kappa shape index (κ3) is 2.68. The van der Waals surface area contributed by atoms with Crippen LogP contribution in [0.2, 0.25) is 0 Å². The number of carboxylic acids is 1. The summed E-state index contributed by atoms with van der Waals surface area (Å²) in [5.74, 6) is -1.98. The summed E-state index contributed by atoms with van der Waals surface area (Å²) in [7, 11) is 1.51. The molecule has 1 unspecified atom stereocenters. The highest BCUT2D eigenvalue weighted by Gasteiger charge is 2.20. The molecule has 0 spiro atoms. The second-order valence-corrected chi connectivity index (χ2v) is 4.66. The van der Waals surface area contributed by atoms with Gasteiger partial charge in [-0.15, -0.1) is 0 Å². The van der Waals surface area contributed by atoms with Gasteiger partial charge in [-0.25, -0.2) is 4.68 Å². The van der Waals surface area contributed by atoms with Gasteiger partial charge in [0.2, 0.25) is 5.95 Å². The molecule has 5 nitrogen and oxygen atoms in total. The molecule has 0 aromatic carbocycles. The molecule has 2 heterocycles. The van der Waals surface area contributed by atoms with Crippen molar-refractivity contribution in [2.45, 2.75) is 25.7 Å². The topological polar surface area (TPSA) is 68.0 Å². The van der Waals surface area contributed by atoms with Gasteiger partial charge in [-0.1, -0.05) is 13.3 Å². The van der Waals surface area contributed by atoms with Gasteiger partial charge < -0.3 is 5.11 Å². The number of rotatable bonds is 5. The third-order valence-electron chi connectivity index (χ3n) is 3.21. The van der Waals surface area contributed by atoms with E-state index in [-0.39, 0.29) is 0 Å². The highest BCUT2D eigenvalue weighted by molar-refractivity contribution is 5.76. The van der Waals surface area contributed by atoms with E-state index in [0.29, 0.717) is 23.1 Å². The predicted octanol–water partition coefficient (Wildman–Crippen LogP) is 2.59. The number of aliphatic carboxylic acids is 1. The van der Waals surface area contributed by atoms with E-state index in [4.69, 9.17) is 0 Å². The molecule has 0 aliphatic rings. The Morgan fingerprint density at radius 3 is 2.75 bits per heavy atom. The first-order valence-electron chi connectivity index (χ1n) is 6.40. The SMILES string of the molecule is CCCC(C(=O)O)c1cncc(-c2cnn(C)c2F)c1. The maximum Gasteiger partial charge on any atom is 0.311 e. The molecule has 0 aliphatic heterocycles. The van der Waals surface area contributed by atoms with Crippen molar-refractivity contribution in [2.24, 2.45) is 7.05 Å². The molecule has 0 aliphatic carbocycles. The molecule has 2 aromatic heterocycles. The van der Waals surface area contributed by atoms with E-state index >= 15 is 0 Å². The summed E-state index contributed by atoms with van der Waals surface area (Å²) in [5, 5.41) is 13.1. The molecule has 0 bridgehead atoms. The molecule has 0 radical (unpaired) electrons. The lowest BCUT2D eigenvalue weighted by molar-refractivity contribution is -0.139. The Balaban J connectivity index is 2.41. The van der Waals surface area contributed by atoms with E-state index in [1.165, 1.54) is 25.6 Å². The average molecular weight is 277 g/mol. The van der Waals surface area contributed by atoms with Crippen molar-refractivity contribution >= 4 is 5.97 Å². The number of carboxylic acid groups (broad SMARTS) is 1. The van der Waals surface area contributed by atoms with Crippen LogP contribution in [0.25, 0.3) is 11.1 Å². The molecule has 1 N–H and O–H groups in total. The molecular weight excluding hydrogens is 261 g/mol. The Morgan fingerprint density at radius 2 is 2.20 bits per heavy atom. The zero-order chi connectivity index (χ0) is 14.7. The zero-order valence-corrected chi connectivity index (χ0v) is 11.4. The number of hydrogen-bond donors (Lipinski definition) is 1. The van der Waals surface area contributed by atoms with Gasteiger partial charge in [0.1, 0.15) is 0 Å². The predicted molar refractivity (Wildman–Crippen MR) is 71.7 cm³/mol. The number of aromatic nitrogens is 3. The summed E-state index contributed by atoms with van der Waals surface area (Å²) < 4.78 is 15.0. The van der Waals surface area contributed by atoms with Crippen LogP contribution in [0.1, 0.15) is 31.2 Å². The summed E-state index contributed by atoms with van der Waals surface area (Å²) >= 11 is 0. The minimum Gasteiger partial charge on any atom is -0.481 e. The standard InChI is InChI=1S/C14H16FN3O2/c1-3-4-11(14(19)20)9-5-10(7-16-6-9)12-8-17-18(2)13(12)15/h5-8,11H,3-4H2,1-2H3,(H,19,20). The second kappa shape index (κ2) is 5.81. The van der Waals surface area contributed by atoms with Crippen LogP contribution in [0.5, 0.6) is 0 Å². The minimum atomic E-state index is -0.891. The Morgan fingerprint density at radius 1 is 1.45 bits per heavy atom. The summed E-state index contributed by atoms with van der Waals surface area (Å²) in [4.78, 5) is 15.3. The normalized spacial score (nSPS) is 12.3. The van der Waals surface area contributed by atoms with Gasteiger partial charge in [-0.3, -0.25) is 9.78 Å². The van der Waals surface area contributed by atoms with Gasteiger partial charge in [0.25, 0.3) is 0 Å². The molecule has 2 rings (SSSR count). The van der Waals surface area contributed by atoms with Crippen molar-refractivity contribution in [3.8, 4) is 11.1 Å². The van der Waals surface area contributed by atoms with Gasteiger partial charge in [0, 0.05) is 25.0 Å².